The third-order valence-electron chi connectivity index (χ3n) is 5.95. The zero-order valence-electron chi connectivity index (χ0n) is 19.0. The number of rotatable bonds is 5. The van der Waals surface area contributed by atoms with Crippen LogP contribution < -0.4 is 9.64 Å². The van der Waals surface area contributed by atoms with Gasteiger partial charge in [-0.3, -0.25) is 0 Å². The van der Waals surface area contributed by atoms with Gasteiger partial charge < -0.3 is 9.64 Å². The second kappa shape index (κ2) is 8.51. The first-order valence-electron chi connectivity index (χ1n) is 10.5. The van der Waals surface area contributed by atoms with E-state index in [0.29, 0.717) is 42.6 Å². The first kappa shape index (κ1) is 22.2. The standard InChI is InChI=1S/C22H28N6O3S/c1-15-12-16(2)28(25-15)22-13-21(23-14-24-22)26-8-10-27(11-9-26)32(29,30)20-7-6-19(31-5)17(3)18(20)4/h6-7,12-14H,8-11H2,1-5H3. The molecule has 0 saturated carbocycles. The van der Waals surface area contributed by atoms with Gasteiger partial charge in [-0.05, 0) is 57.0 Å². The number of methoxy groups -OCH3 is 1. The van der Waals surface area contributed by atoms with Crippen LogP contribution in [0.15, 0.2) is 35.5 Å². The minimum Gasteiger partial charge on any atom is -0.496 e. The number of benzene rings is 1. The zero-order valence-corrected chi connectivity index (χ0v) is 19.8. The van der Waals surface area contributed by atoms with E-state index in [4.69, 9.17) is 4.74 Å². The number of ether oxygens (including phenoxy) is 1. The molecule has 10 heteroatoms. The van der Waals surface area contributed by atoms with Gasteiger partial charge in [-0.2, -0.15) is 9.40 Å². The monoisotopic (exact) mass is 456 g/mol. The van der Waals surface area contributed by atoms with Crippen molar-refractivity contribution in [2.45, 2.75) is 32.6 Å². The molecule has 1 saturated heterocycles. The van der Waals surface area contributed by atoms with E-state index in [2.05, 4.69) is 20.0 Å². The number of hydrogen-bond donors (Lipinski definition) is 0. The average molecular weight is 457 g/mol. The molecular weight excluding hydrogens is 428 g/mol. The third kappa shape index (κ3) is 3.95. The zero-order chi connectivity index (χ0) is 23.0. The van der Waals surface area contributed by atoms with Crippen molar-refractivity contribution in [3.63, 3.8) is 0 Å². The maximum absolute atomic E-state index is 13.3. The van der Waals surface area contributed by atoms with Crippen molar-refractivity contribution in [1.29, 1.82) is 0 Å². The first-order chi connectivity index (χ1) is 15.2. The first-order valence-corrected chi connectivity index (χ1v) is 11.9. The van der Waals surface area contributed by atoms with Crippen molar-refractivity contribution in [3.05, 3.63) is 53.1 Å². The van der Waals surface area contributed by atoms with E-state index in [1.165, 1.54) is 6.33 Å². The number of hydrogen-bond acceptors (Lipinski definition) is 7. The minimum absolute atomic E-state index is 0.332. The summed E-state index contributed by atoms with van der Waals surface area (Å²) in [6, 6.07) is 7.23. The van der Waals surface area contributed by atoms with Gasteiger partial charge in [0.05, 0.1) is 17.7 Å². The van der Waals surface area contributed by atoms with Crippen LogP contribution >= 0.6 is 0 Å². The van der Waals surface area contributed by atoms with Crippen molar-refractivity contribution in [1.82, 2.24) is 24.1 Å². The van der Waals surface area contributed by atoms with E-state index in [1.54, 1.807) is 28.2 Å². The molecule has 2 aromatic heterocycles. The fourth-order valence-electron chi connectivity index (χ4n) is 4.05. The Morgan fingerprint density at radius 3 is 2.22 bits per heavy atom. The minimum atomic E-state index is -3.60. The predicted molar refractivity (Wildman–Crippen MR) is 122 cm³/mol. The molecule has 3 aromatic rings. The number of anilines is 1. The van der Waals surface area contributed by atoms with Gasteiger partial charge in [-0.15, -0.1) is 0 Å². The highest BCUT2D eigenvalue weighted by Gasteiger charge is 2.31. The molecule has 0 atom stereocenters. The Morgan fingerprint density at radius 1 is 0.906 bits per heavy atom. The van der Waals surface area contributed by atoms with E-state index < -0.39 is 10.0 Å². The van der Waals surface area contributed by atoms with Crippen LogP contribution in [0.4, 0.5) is 5.82 Å². The lowest BCUT2D eigenvalue weighted by Crippen LogP contribution is -2.49. The largest absolute Gasteiger partial charge is 0.496 e. The van der Waals surface area contributed by atoms with Crippen LogP contribution in [0.25, 0.3) is 5.82 Å². The van der Waals surface area contributed by atoms with Gasteiger partial charge in [0.15, 0.2) is 5.82 Å². The van der Waals surface area contributed by atoms with Crippen LogP contribution in [0.5, 0.6) is 5.75 Å². The molecule has 32 heavy (non-hydrogen) atoms. The average Bonchev–Trinajstić information content (AvgIpc) is 3.13. The number of nitrogens with zero attached hydrogens (tertiary/aromatic N) is 6. The lowest BCUT2D eigenvalue weighted by molar-refractivity contribution is 0.383. The summed E-state index contributed by atoms with van der Waals surface area (Å²) in [5.41, 5.74) is 3.47. The van der Waals surface area contributed by atoms with Gasteiger partial charge in [0, 0.05) is 37.9 Å². The number of piperazine rings is 1. The van der Waals surface area contributed by atoms with Gasteiger partial charge in [-0.1, -0.05) is 0 Å². The summed E-state index contributed by atoms with van der Waals surface area (Å²) in [6.07, 6.45) is 1.52. The molecular formula is C22H28N6O3S. The van der Waals surface area contributed by atoms with Crippen LogP contribution in [0.2, 0.25) is 0 Å². The summed E-state index contributed by atoms with van der Waals surface area (Å²) in [6.45, 7) is 9.47. The molecule has 9 nitrogen and oxygen atoms in total. The molecule has 1 aliphatic rings. The molecule has 0 amide bonds. The fraction of sp³-hybridized carbons (Fsp3) is 0.409. The molecule has 0 bridgehead atoms. The second-order valence-corrected chi connectivity index (χ2v) is 9.89. The summed E-state index contributed by atoms with van der Waals surface area (Å²) < 4.78 is 35.3. The highest BCUT2D eigenvalue weighted by atomic mass is 32.2. The molecule has 1 fully saturated rings. The molecule has 1 aliphatic heterocycles. The smallest absolute Gasteiger partial charge is 0.243 e. The topological polar surface area (TPSA) is 93.5 Å². The molecule has 4 rings (SSSR count). The Bertz CT molecular complexity index is 1250. The molecule has 0 aliphatic carbocycles. The van der Waals surface area contributed by atoms with Crippen LogP contribution in [-0.4, -0.2) is 65.8 Å². The summed E-state index contributed by atoms with van der Waals surface area (Å²) >= 11 is 0. The summed E-state index contributed by atoms with van der Waals surface area (Å²) in [5.74, 6) is 2.14. The number of aromatic nitrogens is 4. The Balaban J connectivity index is 1.52. The summed E-state index contributed by atoms with van der Waals surface area (Å²) in [5, 5.41) is 4.48. The number of sulfonamides is 1. The van der Waals surface area contributed by atoms with E-state index in [-0.39, 0.29) is 0 Å². The van der Waals surface area contributed by atoms with Gasteiger partial charge in [0.2, 0.25) is 10.0 Å². The lowest BCUT2D eigenvalue weighted by atomic mass is 10.1. The quantitative estimate of drug-likeness (QED) is 0.582. The Morgan fingerprint density at radius 2 is 1.59 bits per heavy atom. The van der Waals surface area contributed by atoms with Crippen LogP contribution in [0.1, 0.15) is 22.5 Å². The molecule has 0 N–H and O–H groups in total. The Labute approximate surface area is 188 Å². The molecule has 3 heterocycles. The van der Waals surface area contributed by atoms with Crippen molar-refractivity contribution in [2.24, 2.45) is 0 Å². The van der Waals surface area contributed by atoms with Crippen LogP contribution in [0.3, 0.4) is 0 Å². The maximum atomic E-state index is 13.3. The van der Waals surface area contributed by atoms with Crippen molar-refractivity contribution < 1.29 is 13.2 Å². The predicted octanol–water partition coefficient (Wildman–Crippen LogP) is 2.42. The maximum Gasteiger partial charge on any atom is 0.243 e. The second-order valence-electron chi connectivity index (χ2n) is 7.98. The van der Waals surface area contributed by atoms with Gasteiger partial charge in [0.1, 0.15) is 17.9 Å². The molecule has 0 unspecified atom stereocenters. The fourth-order valence-corrected chi connectivity index (χ4v) is 5.76. The molecule has 0 radical (unpaired) electrons. The Kier molecular flexibility index (Phi) is 5.91. The van der Waals surface area contributed by atoms with Crippen molar-refractivity contribution in [3.8, 4) is 11.6 Å². The van der Waals surface area contributed by atoms with Crippen LogP contribution in [0, 0.1) is 27.7 Å². The number of aryl methyl sites for hydroxylation is 2. The lowest BCUT2D eigenvalue weighted by Gasteiger charge is -2.35. The highest BCUT2D eigenvalue weighted by Crippen LogP contribution is 2.29. The van der Waals surface area contributed by atoms with E-state index in [0.717, 1.165) is 28.3 Å². The van der Waals surface area contributed by atoms with Gasteiger partial charge in [0.25, 0.3) is 0 Å². The van der Waals surface area contributed by atoms with Crippen molar-refractivity contribution >= 4 is 15.8 Å². The molecule has 0 spiro atoms. The summed E-state index contributed by atoms with van der Waals surface area (Å²) in [4.78, 5) is 11.2. The summed E-state index contributed by atoms with van der Waals surface area (Å²) in [7, 11) is -2.01. The van der Waals surface area contributed by atoms with Crippen molar-refractivity contribution in [2.75, 3.05) is 38.2 Å². The van der Waals surface area contributed by atoms with Crippen LogP contribution in [-0.2, 0) is 10.0 Å². The van der Waals surface area contributed by atoms with E-state index in [9.17, 15) is 8.42 Å². The third-order valence-corrected chi connectivity index (χ3v) is 8.00. The molecule has 1 aromatic carbocycles. The van der Waals surface area contributed by atoms with E-state index >= 15 is 0 Å². The normalized spacial score (nSPS) is 15.2. The Hall–Kier alpha value is -2.98. The SMILES string of the molecule is COc1ccc(S(=O)(=O)N2CCN(c3cc(-n4nc(C)cc4C)ncn3)CC2)c(C)c1C. The van der Waals surface area contributed by atoms with Gasteiger partial charge in [-0.25, -0.2) is 23.1 Å². The van der Waals surface area contributed by atoms with E-state index in [1.807, 2.05) is 39.8 Å². The molecule has 170 valence electrons. The van der Waals surface area contributed by atoms with Gasteiger partial charge >= 0.3 is 0 Å². The highest BCUT2D eigenvalue weighted by molar-refractivity contribution is 7.89.